The Morgan fingerprint density at radius 3 is 2.53 bits per heavy atom. The van der Waals surface area contributed by atoms with Gasteiger partial charge in [0.15, 0.2) is 5.78 Å². The molecule has 0 aliphatic heterocycles. The van der Waals surface area contributed by atoms with Gasteiger partial charge in [-0.3, -0.25) is 4.79 Å². The minimum atomic E-state index is -4.33. The Bertz CT molecular complexity index is 416. The quantitative estimate of drug-likeness (QED) is 0.773. The Morgan fingerprint density at radius 2 is 2.06 bits per heavy atom. The molecule has 1 aromatic carbocycles. The Balaban J connectivity index is 2.73. The normalized spacial score (nSPS) is 11.4. The van der Waals surface area contributed by atoms with Crippen LogP contribution in [0.15, 0.2) is 18.2 Å². The molecular formula is C11H10ClF3O2. The van der Waals surface area contributed by atoms with Crippen LogP contribution in [0.5, 0.6) is 5.75 Å². The van der Waals surface area contributed by atoms with Gasteiger partial charge < -0.3 is 4.74 Å². The summed E-state index contributed by atoms with van der Waals surface area (Å²) in [6.45, 7) is 0. The number of carbonyl (C=O) groups is 1. The predicted molar refractivity (Wildman–Crippen MR) is 57.6 cm³/mol. The number of halogens is 4. The second-order valence-corrected chi connectivity index (χ2v) is 3.79. The molecule has 0 heterocycles. The van der Waals surface area contributed by atoms with Gasteiger partial charge in [-0.2, -0.15) is 13.2 Å². The van der Waals surface area contributed by atoms with Crippen LogP contribution in [0.3, 0.4) is 0 Å². The van der Waals surface area contributed by atoms with E-state index in [1.54, 1.807) is 0 Å². The Morgan fingerprint density at radius 1 is 1.41 bits per heavy atom. The first-order chi connectivity index (χ1) is 7.83. The molecule has 0 amide bonds. The maximum atomic E-state index is 11.9. The van der Waals surface area contributed by atoms with Crippen molar-refractivity contribution in [2.45, 2.75) is 19.0 Å². The number of rotatable bonds is 4. The Kier molecular flexibility index (Phi) is 4.40. The molecule has 2 nitrogen and oxygen atoms in total. The summed E-state index contributed by atoms with van der Waals surface area (Å²) in [6, 6.07) is 4.14. The second kappa shape index (κ2) is 5.40. The summed E-state index contributed by atoms with van der Waals surface area (Å²) in [5.41, 5.74) is 0.153. The first-order valence-electron chi connectivity index (χ1n) is 4.77. The van der Waals surface area contributed by atoms with Gasteiger partial charge in [-0.15, -0.1) is 0 Å². The molecule has 0 saturated carbocycles. The van der Waals surface area contributed by atoms with Crippen molar-refractivity contribution >= 4 is 17.4 Å². The van der Waals surface area contributed by atoms with Crippen LogP contribution < -0.4 is 4.74 Å². The monoisotopic (exact) mass is 266 g/mol. The Hall–Kier alpha value is -1.23. The fraction of sp³-hybridized carbons (Fsp3) is 0.364. The average molecular weight is 267 g/mol. The third-order valence-corrected chi connectivity index (χ3v) is 2.40. The minimum absolute atomic E-state index is 0.153. The maximum absolute atomic E-state index is 11.9. The zero-order valence-electron chi connectivity index (χ0n) is 8.97. The van der Waals surface area contributed by atoms with E-state index in [2.05, 4.69) is 0 Å². The van der Waals surface area contributed by atoms with Crippen LogP contribution in [-0.2, 0) is 0 Å². The van der Waals surface area contributed by atoms with Gasteiger partial charge >= 0.3 is 6.18 Å². The standard InChI is InChI=1S/C11H10ClF3O2/c1-17-10-3-2-7(6-8(10)12)9(16)4-5-11(13,14)15/h2-3,6H,4-5H2,1H3. The van der Waals surface area contributed by atoms with Crippen LogP contribution in [0.25, 0.3) is 0 Å². The van der Waals surface area contributed by atoms with E-state index in [1.165, 1.54) is 25.3 Å². The van der Waals surface area contributed by atoms with E-state index < -0.39 is 24.8 Å². The Labute approximate surface area is 101 Å². The largest absolute Gasteiger partial charge is 0.495 e. The fourth-order valence-electron chi connectivity index (χ4n) is 1.24. The highest BCUT2D eigenvalue weighted by Gasteiger charge is 2.28. The van der Waals surface area contributed by atoms with Crippen molar-refractivity contribution in [2.24, 2.45) is 0 Å². The number of ketones is 1. The third kappa shape index (κ3) is 4.26. The van der Waals surface area contributed by atoms with Crippen LogP contribution in [-0.4, -0.2) is 19.1 Å². The lowest BCUT2D eigenvalue weighted by Crippen LogP contribution is -2.10. The van der Waals surface area contributed by atoms with Gasteiger partial charge in [0, 0.05) is 12.0 Å². The zero-order valence-corrected chi connectivity index (χ0v) is 9.73. The second-order valence-electron chi connectivity index (χ2n) is 3.39. The molecular weight excluding hydrogens is 257 g/mol. The number of methoxy groups -OCH3 is 1. The van der Waals surface area contributed by atoms with Gasteiger partial charge in [0.25, 0.3) is 0 Å². The van der Waals surface area contributed by atoms with Crippen LogP contribution in [0.4, 0.5) is 13.2 Å². The highest BCUT2D eigenvalue weighted by molar-refractivity contribution is 6.32. The van der Waals surface area contributed by atoms with E-state index >= 15 is 0 Å². The lowest BCUT2D eigenvalue weighted by Gasteiger charge is -2.07. The zero-order chi connectivity index (χ0) is 13.1. The molecule has 0 aliphatic carbocycles. The molecule has 0 aliphatic rings. The molecule has 17 heavy (non-hydrogen) atoms. The summed E-state index contributed by atoms with van der Waals surface area (Å²) in [5.74, 6) is -0.217. The molecule has 0 saturated heterocycles. The van der Waals surface area contributed by atoms with Crippen molar-refractivity contribution in [3.05, 3.63) is 28.8 Å². The van der Waals surface area contributed by atoms with Crippen molar-refractivity contribution in [1.82, 2.24) is 0 Å². The van der Waals surface area contributed by atoms with Crippen molar-refractivity contribution in [3.63, 3.8) is 0 Å². The number of alkyl halides is 3. The van der Waals surface area contributed by atoms with Crippen LogP contribution in [0, 0.1) is 0 Å². The summed E-state index contributed by atoms with van der Waals surface area (Å²) < 4.78 is 40.7. The highest BCUT2D eigenvalue weighted by Crippen LogP contribution is 2.27. The first kappa shape index (κ1) is 13.8. The van der Waals surface area contributed by atoms with E-state index in [9.17, 15) is 18.0 Å². The first-order valence-corrected chi connectivity index (χ1v) is 5.15. The van der Waals surface area contributed by atoms with Gasteiger partial charge in [-0.1, -0.05) is 11.6 Å². The van der Waals surface area contributed by atoms with Crippen molar-refractivity contribution < 1.29 is 22.7 Å². The molecule has 0 bridgehead atoms. The third-order valence-electron chi connectivity index (χ3n) is 2.11. The summed E-state index contributed by atoms with van der Waals surface area (Å²) in [5, 5.41) is 0.199. The maximum Gasteiger partial charge on any atom is 0.389 e. The number of ether oxygens (including phenoxy) is 1. The number of hydrogen-bond acceptors (Lipinski definition) is 2. The molecule has 0 atom stereocenters. The van der Waals surface area contributed by atoms with Crippen molar-refractivity contribution in [3.8, 4) is 5.75 Å². The summed E-state index contributed by atoms with van der Waals surface area (Å²) in [4.78, 5) is 11.4. The number of Topliss-reactive ketones (excluding diaryl/α,β-unsaturated/α-hetero) is 1. The van der Waals surface area contributed by atoms with E-state index in [-0.39, 0.29) is 10.6 Å². The number of benzene rings is 1. The van der Waals surface area contributed by atoms with E-state index in [0.717, 1.165) is 0 Å². The van der Waals surface area contributed by atoms with Crippen LogP contribution in [0.1, 0.15) is 23.2 Å². The van der Waals surface area contributed by atoms with E-state index in [1.807, 2.05) is 0 Å². The summed E-state index contributed by atoms with van der Waals surface area (Å²) in [7, 11) is 1.41. The highest BCUT2D eigenvalue weighted by atomic mass is 35.5. The van der Waals surface area contributed by atoms with Gasteiger partial charge in [0.1, 0.15) is 5.75 Å². The average Bonchev–Trinajstić information content (AvgIpc) is 2.24. The lowest BCUT2D eigenvalue weighted by molar-refractivity contribution is -0.133. The van der Waals surface area contributed by atoms with Gasteiger partial charge in [-0.05, 0) is 18.2 Å². The molecule has 0 unspecified atom stereocenters. The fourth-order valence-corrected chi connectivity index (χ4v) is 1.50. The molecule has 6 heteroatoms. The molecule has 0 radical (unpaired) electrons. The van der Waals surface area contributed by atoms with Crippen LogP contribution >= 0.6 is 11.6 Å². The van der Waals surface area contributed by atoms with Gasteiger partial charge in [-0.25, -0.2) is 0 Å². The smallest absolute Gasteiger partial charge is 0.389 e. The molecule has 94 valence electrons. The lowest BCUT2D eigenvalue weighted by atomic mass is 10.1. The van der Waals surface area contributed by atoms with E-state index in [4.69, 9.17) is 16.3 Å². The van der Waals surface area contributed by atoms with Crippen molar-refractivity contribution in [2.75, 3.05) is 7.11 Å². The molecule has 0 fully saturated rings. The minimum Gasteiger partial charge on any atom is -0.495 e. The molecule has 0 spiro atoms. The number of carbonyl (C=O) groups excluding carboxylic acids is 1. The molecule has 1 rings (SSSR count). The topological polar surface area (TPSA) is 26.3 Å². The molecule has 0 N–H and O–H groups in total. The van der Waals surface area contributed by atoms with Gasteiger partial charge in [0.2, 0.25) is 0 Å². The van der Waals surface area contributed by atoms with Crippen molar-refractivity contribution in [1.29, 1.82) is 0 Å². The predicted octanol–water partition coefficient (Wildman–Crippen LogP) is 3.87. The van der Waals surface area contributed by atoms with Crippen LogP contribution in [0.2, 0.25) is 5.02 Å². The van der Waals surface area contributed by atoms with Gasteiger partial charge in [0.05, 0.1) is 18.6 Å². The SMILES string of the molecule is COc1ccc(C(=O)CCC(F)(F)F)cc1Cl. The number of hydrogen-bond donors (Lipinski definition) is 0. The summed E-state index contributed by atoms with van der Waals surface area (Å²) in [6.07, 6.45) is -6.03. The summed E-state index contributed by atoms with van der Waals surface area (Å²) >= 11 is 5.76. The molecule has 0 aromatic heterocycles. The molecule has 1 aromatic rings. The van der Waals surface area contributed by atoms with E-state index in [0.29, 0.717) is 5.75 Å².